The second-order valence-corrected chi connectivity index (χ2v) is 8.13. The molecule has 9 nitrogen and oxygen atoms in total. The summed E-state index contributed by atoms with van der Waals surface area (Å²) in [6, 6.07) is 5.52. The van der Waals surface area contributed by atoms with Crippen LogP contribution in [0.2, 0.25) is 0 Å². The van der Waals surface area contributed by atoms with Crippen LogP contribution in [0.5, 0.6) is 11.5 Å². The first-order chi connectivity index (χ1) is 15.5. The SMILES string of the molecule is C=CC(=O)N1CCC(C2CCNc3c(C(N)=O)c(-c4cc(OC)cc(OC)c4)nn32)CC1. The molecular weight excluding hydrogens is 410 g/mol. The van der Waals surface area contributed by atoms with E-state index in [2.05, 4.69) is 11.9 Å². The van der Waals surface area contributed by atoms with Crippen LogP contribution in [0.3, 0.4) is 0 Å². The number of carbonyl (C=O) groups is 2. The van der Waals surface area contributed by atoms with Crippen molar-refractivity contribution in [2.45, 2.75) is 25.3 Å². The van der Waals surface area contributed by atoms with Crippen LogP contribution in [0, 0.1) is 5.92 Å². The number of ether oxygens (including phenoxy) is 2. The van der Waals surface area contributed by atoms with Crippen LogP contribution in [-0.4, -0.2) is 60.3 Å². The summed E-state index contributed by atoms with van der Waals surface area (Å²) in [5, 5.41) is 8.19. The van der Waals surface area contributed by atoms with E-state index in [1.165, 1.54) is 6.08 Å². The first-order valence-corrected chi connectivity index (χ1v) is 10.8. The lowest BCUT2D eigenvalue weighted by molar-refractivity contribution is -0.127. The molecule has 0 spiro atoms. The second kappa shape index (κ2) is 8.94. The van der Waals surface area contributed by atoms with Gasteiger partial charge in [-0.3, -0.25) is 9.59 Å². The standard InChI is InChI=1S/C23H29N5O4/c1-4-19(29)27-9-6-14(7-10-27)18-5-8-25-23-20(22(24)30)21(26-28(18)23)15-11-16(31-2)13-17(12-15)32-3/h4,11-14,18,25H,1,5-10H2,2-3H3,(H2,24,30). The Kier molecular flexibility index (Phi) is 6.07. The Morgan fingerprint density at radius 2 is 1.81 bits per heavy atom. The number of fused-ring (bicyclic) bond motifs is 1. The maximum atomic E-state index is 12.5. The number of nitrogens with two attached hydrogens (primary N) is 1. The summed E-state index contributed by atoms with van der Waals surface area (Å²) in [6.45, 7) is 5.69. The number of amides is 2. The third-order valence-electron chi connectivity index (χ3n) is 6.40. The number of hydrogen-bond acceptors (Lipinski definition) is 6. The van der Waals surface area contributed by atoms with Crippen LogP contribution in [0.1, 0.15) is 35.7 Å². The van der Waals surface area contributed by atoms with Gasteiger partial charge in [-0.25, -0.2) is 4.68 Å². The van der Waals surface area contributed by atoms with Gasteiger partial charge in [-0.2, -0.15) is 5.10 Å². The third-order valence-corrected chi connectivity index (χ3v) is 6.40. The second-order valence-electron chi connectivity index (χ2n) is 8.13. The zero-order valence-electron chi connectivity index (χ0n) is 18.5. The van der Waals surface area contributed by atoms with Crippen molar-refractivity contribution in [1.82, 2.24) is 14.7 Å². The highest BCUT2D eigenvalue weighted by molar-refractivity contribution is 6.04. The van der Waals surface area contributed by atoms with Crippen LogP contribution < -0.4 is 20.5 Å². The van der Waals surface area contributed by atoms with Crippen molar-refractivity contribution in [2.24, 2.45) is 11.7 Å². The number of anilines is 1. The summed E-state index contributed by atoms with van der Waals surface area (Å²) in [4.78, 5) is 26.3. The van der Waals surface area contributed by atoms with Crippen LogP contribution in [0.15, 0.2) is 30.9 Å². The van der Waals surface area contributed by atoms with E-state index in [0.717, 1.165) is 25.8 Å². The molecule has 0 bridgehead atoms. The summed E-state index contributed by atoms with van der Waals surface area (Å²) in [5.41, 5.74) is 7.37. The summed E-state index contributed by atoms with van der Waals surface area (Å²) in [7, 11) is 3.15. The lowest BCUT2D eigenvalue weighted by Crippen LogP contribution is -2.41. The largest absolute Gasteiger partial charge is 0.497 e. The molecule has 0 aliphatic carbocycles. The smallest absolute Gasteiger partial charge is 0.254 e. The predicted octanol–water partition coefficient (Wildman–Crippen LogP) is 2.45. The molecule has 3 heterocycles. The van der Waals surface area contributed by atoms with Crippen LogP contribution in [0.4, 0.5) is 5.82 Å². The molecule has 0 saturated carbocycles. The number of rotatable bonds is 6. The molecule has 1 unspecified atom stereocenters. The summed E-state index contributed by atoms with van der Waals surface area (Å²) < 4.78 is 12.7. The van der Waals surface area contributed by atoms with Gasteiger partial charge in [0.05, 0.1) is 20.3 Å². The number of primary amides is 1. The molecule has 9 heteroatoms. The van der Waals surface area contributed by atoms with Gasteiger partial charge >= 0.3 is 0 Å². The number of nitrogens with zero attached hydrogens (tertiary/aromatic N) is 3. The Morgan fingerprint density at radius 3 is 2.38 bits per heavy atom. The number of benzene rings is 1. The number of hydrogen-bond donors (Lipinski definition) is 2. The summed E-state index contributed by atoms with van der Waals surface area (Å²) >= 11 is 0. The molecule has 3 N–H and O–H groups in total. The van der Waals surface area contributed by atoms with E-state index in [-0.39, 0.29) is 11.9 Å². The van der Waals surface area contributed by atoms with Gasteiger partial charge in [-0.15, -0.1) is 0 Å². The van der Waals surface area contributed by atoms with Crippen molar-refractivity contribution in [3.05, 3.63) is 36.4 Å². The number of methoxy groups -OCH3 is 2. The Labute approximate surface area is 187 Å². The molecule has 1 aromatic carbocycles. The summed E-state index contributed by atoms with van der Waals surface area (Å²) in [6.07, 6.45) is 3.99. The minimum absolute atomic E-state index is 0.0289. The van der Waals surface area contributed by atoms with Crippen molar-refractivity contribution >= 4 is 17.6 Å². The van der Waals surface area contributed by atoms with E-state index in [0.29, 0.717) is 53.1 Å². The van der Waals surface area contributed by atoms with Crippen LogP contribution >= 0.6 is 0 Å². The van der Waals surface area contributed by atoms with Gasteiger partial charge in [0.15, 0.2) is 0 Å². The van der Waals surface area contributed by atoms with Crippen molar-refractivity contribution in [1.29, 1.82) is 0 Å². The average Bonchev–Trinajstić information content (AvgIpc) is 3.23. The molecule has 1 saturated heterocycles. The van der Waals surface area contributed by atoms with E-state index in [1.807, 2.05) is 21.7 Å². The number of piperidine rings is 1. The van der Waals surface area contributed by atoms with Crippen molar-refractivity contribution in [2.75, 3.05) is 39.2 Å². The first kappa shape index (κ1) is 21.7. The van der Waals surface area contributed by atoms with E-state index in [9.17, 15) is 9.59 Å². The molecule has 0 radical (unpaired) electrons. The number of nitrogens with one attached hydrogen (secondary N) is 1. The Balaban J connectivity index is 1.71. The van der Waals surface area contributed by atoms with Gasteiger partial charge in [0, 0.05) is 31.3 Å². The Bertz CT molecular complexity index is 1020. The van der Waals surface area contributed by atoms with Gasteiger partial charge in [0.2, 0.25) is 5.91 Å². The van der Waals surface area contributed by atoms with Crippen LogP contribution in [0.25, 0.3) is 11.3 Å². The zero-order valence-corrected chi connectivity index (χ0v) is 18.5. The topological polar surface area (TPSA) is 112 Å². The quantitative estimate of drug-likeness (QED) is 0.669. The first-order valence-electron chi connectivity index (χ1n) is 10.8. The number of likely N-dealkylation sites (tertiary alicyclic amines) is 1. The molecule has 1 fully saturated rings. The van der Waals surface area contributed by atoms with E-state index >= 15 is 0 Å². The molecule has 170 valence electrons. The maximum Gasteiger partial charge on any atom is 0.254 e. The fourth-order valence-corrected chi connectivity index (χ4v) is 4.75. The average molecular weight is 440 g/mol. The highest BCUT2D eigenvalue weighted by Gasteiger charge is 2.35. The minimum atomic E-state index is -0.539. The molecular formula is C23H29N5O4. The Morgan fingerprint density at radius 1 is 1.16 bits per heavy atom. The van der Waals surface area contributed by atoms with Crippen molar-refractivity contribution < 1.29 is 19.1 Å². The maximum absolute atomic E-state index is 12.5. The van der Waals surface area contributed by atoms with E-state index in [1.54, 1.807) is 20.3 Å². The molecule has 4 rings (SSSR count). The number of aromatic nitrogens is 2. The molecule has 1 aromatic heterocycles. The lowest BCUT2D eigenvalue weighted by atomic mass is 9.87. The molecule has 2 aliphatic heterocycles. The molecule has 32 heavy (non-hydrogen) atoms. The fraction of sp³-hybridized carbons (Fsp3) is 0.435. The predicted molar refractivity (Wildman–Crippen MR) is 121 cm³/mol. The van der Waals surface area contributed by atoms with E-state index < -0.39 is 5.91 Å². The lowest BCUT2D eigenvalue weighted by Gasteiger charge is -2.38. The van der Waals surface area contributed by atoms with Crippen molar-refractivity contribution in [3.63, 3.8) is 0 Å². The molecule has 2 amide bonds. The van der Waals surface area contributed by atoms with Gasteiger partial charge in [-0.1, -0.05) is 6.58 Å². The zero-order chi connectivity index (χ0) is 22.8. The highest BCUT2D eigenvalue weighted by atomic mass is 16.5. The molecule has 2 aliphatic rings. The van der Waals surface area contributed by atoms with Gasteiger partial charge in [0.25, 0.3) is 5.91 Å². The Hall–Kier alpha value is -3.49. The van der Waals surface area contributed by atoms with E-state index in [4.69, 9.17) is 20.3 Å². The fourth-order valence-electron chi connectivity index (χ4n) is 4.75. The normalized spacial score (nSPS) is 18.4. The molecule has 1 atom stereocenters. The van der Waals surface area contributed by atoms with Gasteiger partial charge in [0.1, 0.15) is 28.6 Å². The summed E-state index contributed by atoms with van der Waals surface area (Å²) in [5.74, 6) is 1.63. The number of carbonyl (C=O) groups excluding carboxylic acids is 2. The van der Waals surface area contributed by atoms with Crippen LogP contribution in [-0.2, 0) is 4.79 Å². The van der Waals surface area contributed by atoms with Gasteiger partial charge < -0.3 is 25.4 Å². The minimum Gasteiger partial charge on any atom is -0.497 e. The highest BCUT2D eigenvalue weighted by Crippen LogP contribution is 2.41. The van der Waals surface area contributed by atoms with Gasteiger partial charge in [-0.05, 0) is 43.4 Å². The molecule has 2 aromatic rings. The van der Waals surface area contributed by atoms with Crippen molar-refractivity contribution in [3.8, 4) is 22.8 Å². The third kappa shape index (κ3) is 3.90. The monoisotopic (exact) mass is 439 g/mol.